The zero-order chi connectivity index (χ0) is 18.8. The predicted octanol–water partition coefficient (Wildman–Crippen LogP) is 3.79. The maximum atomic E-state index is 13.8. The monoisotopic (exact) mass is 452 g/mol. The van der Waals surface area contributed by atoms with Crippen molar-refractivity contribution in [2.75, 3.05) is 22.4 Å². The molecular weight excluding hydrogens is 442 g/mol. The van der Waals surface area contributed by atoms with Gasteiger partial charge in [-0.15, -0.1) is 0 Å². The van der Waals surface area contributed by atoms with E-state index in [2.05, 4.69) is 21.2 Å². The van der Waals surface area contributed by atoms with E-state index in [-0.39, 0.29) is 16.4 Å². The lowest BCUT2D eigenvalue weighted by Gasteiger charge is -2.22. The minimum absolute atomic E-state index is 0.0142. The van der Waals surface area contributed by atoms with Gasteiger partial charge in [-0.2, -0.15) is 0 Å². The lowest BCUT2D eigenvalue weighted by Crippen LogP contribution is -2.37. The second kappa shape index (κ2) is 7.67. The normalized spacial score (nSPS) is 11.2. The molecule has 0 saturated carbocycles. The van der Waals surface area contributed by atoms with Crippen molar-refractivity contribution in [3.8, 4) is 0 Å². The van der Waals surface area contributed by atoms with Crippen molar-refractivity contribution < 1.29 is 22.0 Å². The molecule has 25 heavy (non-hydrogen) atoms. The van der Waals surface area contributed by atoms with E-state index in [9.17, 15) is 22.0 Å². The first-order valence-corrected chi connectivity index (χ1v) is 9.77. The van der Waals surface area contributed by atoms with Crippen molar-refractivity contribution in [2.24, 2.45) is 0 Å². The molecule has 1 amide bonds. The number of nitrogens with one attached hydrogen (secondary N) is 1. The highest BCUT2D eigenvalue weighted by Crippen LogP contribution is 2.25. The molecule has 0 bridgehead atoms. The Morgan fingerprint density at radius 2 is 1.88 bits per heavy atom. The van der Waals surface area contributed by atoms with Gasteiger partial charge in [0.25, 0.3) is 0 Å². The van der Waals surface area contributed by atoms with E-state index in [4.69, 9.17) is 11.6 Å². The zero-order valence-electron chi connectivity index (χ0n) is 12.8. The molecule has 5 nitrogen and oxygen atoms in total. The van der Waals surface area contributed by atoms with Gasteiger partial charge in [0.15, 0.2) is 0 Å². The van der Waals surface area contributed by atoms with E-state index in [1.54, 1.807) is 0 Å². The maximum Gasteiger partial charge on any atom is 0.245 e. The van der Waals surface area contributed by atoms with Crippen LogP contribution in [0, 0.1) is 11.6 Å². The number of rotatable bonds is 5. The van der Waals surface area contributed by atoms with E-state index < -0.39 is 34.1 Å². The van der Waals surface area contributed by atoms with Crippen LogP contribution in [-0.4, -0.2) is 27.1 Å². The van der Waals surface area contributed by atoms with Crippen LogP contribution >= 0.6 is 27.5 Å². The third-order valence-electron chi connectivity index (χ3n) is 3.08. The molecule has 0 atom stereocenters. The second-order valence-electron chi connectivity index (χ2n) is 5.04. The van der Waals surface area contributed by atoms with Gasteiger partial charge in [0.2, 0.25) is 15.9 Å². The molecule has 0 fully saturated rings. The number of hydrogen-bond donors (Lipinski definition) is 1. The molecule has 2 aromatic carbocycles. The molecule has 2 rings (SSSR count). The smallest absolute Gasteiger partial charge is 0.245 e. The van der Waals surface area contributed by atoms with Crippen LogP contribution in [0.15, 0.2) is 40.9 Å². The molecular formula is C15H12BrClF2N2O3S. The number of carbonyl (C=O) groups excluding carboxylic acids is 1. The average molecular weight is 454 g/mol. The Bertz CT molecular complexity index is 925. The number of sulfonamides is 1. The van der Waals surface area contributed by atoms with Gasteiger partial charge in [-0.1, -0.05) is 27.5 Å². The van der Waals surface area contributed by atoms with Gasteiger partial charge in [-0.05, 0) is 36.4 Å². The molecule has 2 aromatic rings. The SMILES string of the molecule is CS(=O)(=O)N(CC(=O)Nc1ccc(Br)cc1F)c1ccc(F)c(Cl)c1. The molecule has 0 radical (unpaired) electrons. The summed E-state index contributed by atoms with van der Waals surface area (Å²) in [5.74, 6) is -2.18. The summed E-state index contributed by atoms with van der Waals surface area (Å²) in [6, 6.07) is 7.26. The number of halogens is 4. The van der Waals surface area contributed by atoms with Crippen LogP contribution in [0.5, 0.6) is 0 Å². The Labute approximate surface area is 156 Å². The lowest BCUT2D eigenvalue weighted by atomic mass is 10.3. The summed E-state index contributed by atoms with van der Waals surface area (Å²) >= 11 is 8.75. The van der Waals surface area contributed by atoms with Crippen LogP contribution in [0.25, 0.3) is 0 Å². The predicted molar refractivity (Wildman–Crippen MR) is 96.3 cm³/mol. The van der Waals surface area contributed by atoms with Crippen molar-refractivity contribution in [3.05, 3.63) is 57.5 Å². The van der Waals surface area contributed by atoms with E-state index in [0.717, 1.165) is 28.8 Å². The van der Waals surface area contributed by atoms with Gasteiger partial charge < -0.3 is 5.32 Å². The fourth-order valence-electron chi connectivity index (χ4n) is 1.95. The number of nitrogens with zero attached hydrogens (tertiary/aromatic N) is 1. The van der Waals surface area contributed by atoms with Crippen molar-refractivity contribution >= 4 is 54.8 Å². The largest absolute Gasteiger partial charge is 0.322 e. The van der Waals surface area contributed by atoms with Crippen molar-refractivity contribution in [3.63, 3.8) is 0 Å². The summed E-state index contributed by atoms with van der Waals surface area (Å²) in [5.41, 5.74) is -0.0842. The molecule has 0 aliphatic heterocycles. The molecule has 0 aromatic heterocycles. The highest BCUT2D eigenvalue weighted by atomic mass is 79.9. The Morgan fingerprint density at radius 3 is 2.44 bits per heavy atom. The number of benzene rings is 2. The summed E-state index contributed by atoms with van der Waals surface area (Å²) in [4.78, 5) is 12.1. The van der Waals surface area contributed by atoms with Gasteiger partial charge in [0.1, 0.15) is 18.2 Å². The minimum atomic E-state index is -3.86. The van der Waals surface area contributed by atoms with Crippen LogP contribution in [-0.2, 0) is 14.8 Å². The number of anilines is 2. The van der Waals surface area contributed by atoms with E-state index >= 15 is 0 Å². The van der Waals surface area contributed by atoms with Crippen molar-refractivity contribution in [2.45, 2.75) is 0 Å². The Hall–Kier alpha value is -1.71. The van der Waals surface area contributed by atoms with E-state index in [1.807, 2.05) is 0 Å². The molecule has 0 heterocycles. The third kappa shape index (κ3) is 5.13. The van der Waals surface area contributed by atoms with Crippen LogP contribution in [0.1, 0.15) is 0 Å². The zero-order valence-corrected chi connectivity index (χ0v) is 15.9. The first-order chi connectivity index (χ1) is 11.6. The number of hydrogen-bond acceptors (Lipinski definition) is 3. The first kappa shape index (κ1) is 19.6. The molecule has 1 N–H and O–H groups in total. The average Bonchev–Trinajstić information content (AvgIpc) is 2.49. The van der Waals surface area contributed by atoms with Crippen molar-refractivity contribution in [1.82, 2.24) is 0 Å². The fraction of sp³-hybridized carbons (Fsp3) is 0.133. The van der Waals surface area contributed by atoms with Gasteiger partial charge >= 0.3 is 0 Å². The molecule has 0 spiro atoms. The van der Waals surface area contributed by atoms with Crippen LogP contribution < -0.4 is 9.62 Å². The van der Waals surface area contributed by atoms with Crippen LogP contribution in [0.4, 0.5) is 20.2 Å². The van der Waals surface area contributed by atoms with E-state index in [0.29, 0.717) is 4.47 Å². The summed E-state index contributed by atoms with van der Waals surface area (Å²) in [6.07, 6.45) is 0.887. The Morgan fingerprint density at radius 1 is 1.20 bits per heavy atom. The molecule has 10 heteroatoms. The van der Waals surface area contributed by atoms with Gasteiger partial charge in [0, 0.05) is 4.47 Å². The number of amides is 1. The number of carbonyl (C=O) groups is 1. The summed E-state index contributed by atoms with van der Waals surface area (Å²) in [5, 5.41) is 2.00. The summed E-state index contributed by atoms with van der Waals surface area (Å²) < 4.78 is 52.2. The molecule has 0 aliphatic rings. The fourth-order valence-corrected chi connectivity index (χ4v) is 3.31. The Kier molecular flexibility index (Phi) is 6.02. The lowest BCUT2D eigenvalue weighted by molar-refractivity contribution is -0.114. The third-order valence-corrected chi connectivity index (χ3v) is 5.01. The first-order valence-electron chi connectivity index (χ1n) is 6.75. The topological polar surface area (TPSA) is 66.5 Å². The molecule has 0 aliphatic carbocycles. The Balaban J connectivity index is 2.25. The highest BCUT2D eigenvalue weighted by Gasteiger charge is 2.22. The van der Waals surface area contributed by atoms with Crippen LogP contribution in [0.2, 0.25) is 5.02 Å². The summed E-state index contributed by atoms with van der Waals surface area (Å²) in [7, 11) is -3.86. The molecule has 0 saturated heterocycles. The highest BCUT2D eigenvalue weighted by molar-refractivity contribution is 9.10. The molecule has 134 valence electrons. The summed E-state index contributed by atoms with van der Waals surface area (Å²) in [6.45, 7) is -0.629. The van der Waals surface area contributed by atoms with E-state index in [1.165, 1.54) is 18.2 Å². The molecule has 0 unspecified atom stereocenters. The van der Waals surface area contributed by atoms with Crippen molar-refractivity contribution in [1.29, 1.82) is 0 Å². The van der Waals surface area contributed by atoms with Gasteiger partial charge in [-0.3, -0.25) is 9.10 Å². The second-order valence-corrected chi connectivity index (χ2v) is 8.27. The quantitative estimate of drug-likeness (QED) is 0.749. The minimum Gasteiger partial charge on any atom is -0.322 e. The van der Waals surface area contributed by atoms with Gasteiger partial charge in [-0.25, -0.2) is 17.2 Å². The van der Waals surface area contributed by atoms with Gasteiger partial charge in [0.05, 0.1) is 22.7 Å². The van der Waals surface area contributed by atoms with Crippen LogP contribution in [0.3, 0.4) is 0 Å². The standard InChI is InChI=1S/C15H12BrClF2N2O3S/c1-25(23,24)21(10-3-4-12(18)11(17)7-10)8-15(22)20-14-5-2-9(16)6-13(14)19/h2-7H,8H2,1H3,(H,20,22). The maximum absolute atomic E-state index is 13.8.